The molecule has 1 atom stereocenters. The van der Waals surface area contributed by atoms with Crippen molar-refractivity contribution in [2.45, 2.75) is 13.0 Å². The Morgan fingerprint density at radius 2 is 1.72 bits per heavy atom. The molecule has 4 rings (SSSR count). The molecule has 0 spiro atoms. The van der Waals surface area contributed by atoms with Crippen LogP contribution >= 0.6 is 11.3 Å². The Kier molecular flexibility index (Phi) is 6.09. The lowest BCUT2D eigenvalue weighted by Crippen LogP contribution is -2.26. The number of thiophene rings is 1. The second kappa shape index (κ2) is 9.11. The fraction of sp³-hybridized carbons (Fsp3) is 0.120. The van der Waals surface area contributed by atoms with Gasteiger partial charge in [0.1, 0.15) is 5.75 Å². The van der Waals surface area contributed by atoms with Crippen molar-refractivity contribution in [2.75, 3.05) is 18.2 Å². The first kappa shape index (κ1) is 21.4. The summed E-state index contributed by atoms with van der Waals surface area (Å²) in [4.78, 5) is 25.8. The Hall–Kier alpha value is -3.84. The van der Waals surface area contributed by atoms with Crippen LogP contribution in [0.2, 0.25) is 0 Å². The zero-order chi connectivity index (χ0) is 22.7. The van der Waals surface area contributed by atoms with Crippen LogP contribution < -0.4 is 21.1 Å². The molecule has 7 heteroatoms. The maximum Gasteiger partial charge on any atom is 0.265 e. The summed E-state index contributed by atoms with van der Waals surface area (Å²) in [7, 11) is 1.59. The number of rotatable bonds is 6. The number of nitrogens with two attached hydrogens (primary N) is 1. The zero-order valence-corrected chi connectivity index (χ0v) is 18.5. The number of nitrogen functional groups attached to an aromatic ring is 1. The Labute approximate surface area is 190 Å². The minimum atomic E-state index is -0.202. The third-order valence-electron chi connectivity index (χ3n) is 5.18. The monoisotopic (exact) mass is 445 g/mol. The number of hydrogen-bond donors (Lipinski definition) is 3. The average molecular weight is 446 g/mol. The van der Waals surface area contributed by atoms with E-state index in [1.54, 1.807) is 43.5 Å². The number of amides is 2. The van der Waals surface area contributed by atoms with Gasteiger partial charge in [0.2, 0.25) is 0 Å². The van der Waals surface area contributed by atoms with Crippen LogP contribution in [0.5, 0.6) is 5.75 Å². The number of para-hydroxylation sites is 2. The van der Waals surface area contributed by atoms with Gasteiger partial charge < -0.3 is 21.1 Å². The number of hydrogen-bond acceptors (Lipinski definition) is 5. The second-order valence-corrected chi connectivity index (χ2v) is 8.46. The molecular weight excluding hydrogens is 422 g/mol. The highest BCUT2D eigenvalue weighted by molar-refractivity contribution is 7.20. The lowest BCUT2D eigenvalue weighted by atomic mass is 10.1. The SMILES string of the molecule is COc1ccc(C(=O)NC(C)c2ccc3cc(C(=O)Nc4ccccc4N)sc3c2)cc1. The Bertz CT molecular complexity index is 1280. The summed E-state index contributed by atoms with van der Waals surface area (Å²) < 4.78 is 6.10. The third kappa shape index (κ3) is 4.58. The van der Waals surface area contributed by atoms with Crippen molar-refractivity contribution >= 4 is 44.6 Å². The smallest absolute Gasteiger partial charge is 0.265 e. The molecule has 0 aliphatic heterocycles. The minimum absolute atomic E-state index is 0.160. The van der Waals surface area contributed by atoms with Crippen molar-refractivity contribution in [1.29, 1.82) is 0 Å². The molecule has 0 saturated carbocycles. The van der Waals surface area contributed by atoms with Crippen molar-refractivity contribution < 1.29 is 14.3 Å². The molecule has 0 saturated heterocycles. The van der Waals surface area contributed by atoms with Crippen molar-refractivity contribution in [3.05, 3.63) is 88.8 Å². The molecule has 0 aliphatic carbocycles. The first-order valence-electron chi connectivity index (χ1n) is 10.1. The largest absolute Gasteiger partial charge is 0.497 e. The van der Waals surface area contributed by atoms with E-state index in [0.29, 0.717) is 27.6 Å². The number of carbonyl (C=O) groups is 2. The lowest BCUT2D eigenvalue weighted by Gasteiger charge is -2.14. The highest BCUT2D eigenvalue weighted by atomic mass is 32.1. The maximum absolute atomic E-state index is 12.7. The van der Waals surface area contributed by atoms with E-state index in [-0.39, 0.29) is 17.9 Å². The second-order valence-electron chi connectivity index (χ2n) is 7.37. The van der Waals surface area contributed by atoms with Gasteiger partial charge in [-0.1, -0.05) is 24.3 Å². The first-order valence-corrected chi connectivity index (χ1v) is 10.9. The van der Waals surface area contributed by atoms with E-state index in [1.807, 2.05) is 43.3 Å². The molecule has 4 aromatic rings. The van der Waals surface area contributed by atoms with Crippen LogP contribution in [0.15, 0.2) is 72.8 Å². The molecule has 1 heterocycles. The predicted octanol–water partition coefficient (Wildman–Crippen LogP) is 5.24. The van der Waals surface area contributed by atoms with E-state index in [1.165, 1.54) is 11.3 Å². The fourth-order valence-corrected chi connectivity index (χ4v) is 4.34. The molecule has 1 aromatic heterocycles. The molecule has 0 bridgehead atoms. The average Bonchev–Trinajstić information content (AvgIpc) is 3.24. The van der Waals surface area contributed by atoms with Crippen molar-refractivity contribution in [2.24, 2.45) is 0 Å². The minimum Gasteiger partial charge on any atom is -0.497 e. The number of nitrogens with one attached hydrogen (secondary N) is 2. The van der Waals surface area contributed by atoms with Gasteiger partial charge in [-0.15, -0.1) is 11.3 Å². The maximum atomic E-state index is 12.7. The first-order chi connectivity index (χ1) is 15.4. The van der Waals surface area contributed by atoms with Crippen LogP contribution in [0.25, 0.3) is 10.1 Å². The van der Waals surface area contributed by atoms with E-state index in [9.17, 15) is 9.59 Å². The summed E-state index contributed by atoms with van der Waals surface area (Å²) in [6, 6.07) is 21.7. The van der Waals surface area contributed by atoms with Gasteiger partial charge in [-0.25, -0.2) is 0 Å². The number of fused-ring (bicyclic) bond motifs is 1. The molecule has 32 heavy (non-hydrogen) atoms. The van der Waals surface area contributed by atoms with Crippen LogP contribution in [0, 0.1) is 0 Å². The molecule has 6 nitrogen and oxygen atoms in total. The molecule has 0 fully saturated rings. The highest BCUT2D eigenvalue weighted by Crippen LogP contribution is 2.30. The van der Waals surface area contributed by atoms with E-state index < -0.39 is 0 Å². The summed E-state index contributed by atoms with van der Waals surface area (Å²) in [5.74, 6) is 0.339. The molecule has 0 aliphatic rings. The number of methoxy groups -OCH3 is 1. The summed E-state index contributed by atoms with van der Waals surface area (Å²) in [5, 5.41) is 6.84. The molecule has 162 valence electrons. The fourth-order valence-electron chi connectivity index (χ4n) is 3.33. The van der Waals surface area contributed by atoms with Gasteiger partial charge in [0, 0.05) is 10.3 Å². The zero-order valence-electron chi connectivity index (χ0n) is 17.7. The molecule has 2 amide bonds. The molecule has 0 radical (unpaired) electrons. The van der Waals surface area contributed by atoms with Crippen molar-refractivity contribution in [1.82, 2.24) is 5.32 Å². The van der Waals surface area contributed by atoms with Gasteiger partial charge in [0.15, 0.2) is 0 Å². The predicted molar refractivity (Wildman–Crippen MR) is 130 cm³/mol. The Morgan fingerprint density at radius 1 is 0.969 bits per heavy atom. The van der Waals surface area contributed by atoms with Crippen LogP contribution in [0.1, 0.15) is 38.6 Å². The summed E-state index contributed by atoms with van der Waals surface area (Å²) in [6.45, 7) is 1.93. The third-order valence-corrected chi connectivity index (χ3v) is 6.27. The molecule has 1 unspecified atom stereocenters. The lowest BCUT2D eigenvalue weighted by molar-refractivity contribution is 0.0939. The number of carbonyl (C=O) groups excluding carboxylic acids is 2. The summed E-state index contributed by atoms with van der Waals surface area (Å²) >= 11 is 1.40. The van der Waals surface area contributed by atoms with Gasteiger partial charge in [0.25, 0.3) is 11.8 Å². The Morgan fingerprint density at radius 3 is 2.44 bits per heavy atom. The molecule has 4 N–H and O–H groups in total. The summed E-state index contributed by atoms with van der Waals surface area (Å²) in [5.41, 5.74) is 8.55. The number of ether oxygens (including phenoxy) is 1. The number of anilines is 2. The quantitative estimate of drug-likeness (QED) is 0.354. The van der Waals surface area contributed by atoms with Crippen LogP contribution in [-0.2, 0) is 0 Å². The summed E-state index contributed by atoms with van der Waals surface area (Å²) in [6.07, 6.45) is 0. The highest BCUT2D eigenvalue weighted by Gasteiger charge is 2.15. The van der Waals surface area contributed by atoms with Gasteiger partial charge in [-0.2, -0.15) is 0 Å². The molecule has 3 aromatic carbocycles. The van der Waals surface area contributed by atoms with Gasteiger partial charge in [-0.3, -0.25) is 9.59 Å². The van der Waals surface area contributed by atoms with Crippen molar-refractivity contribution in [3.8, 4) is 5.75 Å². The van der Waals surface area contributed by atoms with E-state index in [4.69, 9.17) is 10.5 Å². The number of benzene rings is 3. The molecular formula is C25H23N3O3S. The van der Waals surface area contributed by atoms with Gasteiger partial charge in [-0.05, 0) is 66.4 Å². The topological polar surface area (TPSA) is 93.4 Å². The Balaban J connectivity index is 1.48. The van der Waals surface area contributed by atoms with Crippen LogP contribution in [0.4, 0.5) is 11.4 Å². The van der Waals surface area contributed by atoms with Gasteiger partial charge in [0.05, 0.1) is 29.4 Å². The van der Waals surface area contributed by atoms with Gasteiger partial charge >= 0.3 is 0 Å². The normalized spacial score (nSPS) is 11.7. The van der Waals surface area contributed by atoms with Crippen LogP contribution in [0.3, 0.4) is 0 Å². The van der Waals surface area contributed by atoms with E-state index in [2.05, 4.69) is 10.6 Å². The van der Waals surface area contributed by atoms with E-state index in [0.717, 1.165) is 15.6 Å². The van der Waals surface area contributed by atoms with Crippen LogP contribution in [-0.4, -0.2) is 18.9 Å². The standard InChI is InChI=1S/C25H23N3O3S/c1-15(27-24(29)16-9-11-19(31-2)12-10-16)17-7-8-18-14-23(32-22(18)13-17)25(30)28-21-6-4-3-5-20(21)26/h3-15H,26H2,1-2H3,(H,27,29)(H,28,30). The van der Waals surface area contributed by atoms with E-state index >= 15 is 0 Å². The van der Waals surface area contributed by atoms with Crippen molar-refractivity contribution in [3.63, 3.8) is 0 Å².